The maximum absolute atomic E-state index is 6.25. The summed E-state index contributed by atoms with van der Waals surface area (Å²) in [5.41, 5.74) is 10.5. The van der Waals surface area contributed by atoms with Crippen LogP contribution < -0.4 is 9.75 Å². The minimum absolute atomic E-state index is 0.780. The van der Waals surface area contributed by atoms with Crippen LogP contribution in [0.2, 0.25) is 0 Å². The summed E-state index contributed by atoms with van der Waals surface area (Å²) >= 11 is 1.84. The zero-order valence-corrected chi connectivity index (χ0v) is 30.0. The van der Waals surface area contributed by atoms with Crippen molar-refractivity contribution in [3.8, 4) is 11.1 Å². The first kappa shape index (κ1) is 33.1. The zero-order chi connectivity index (χ0) is 34.6. The van der Waals surface area contributed by atoms with Gasteiger partial charge in [-0.1, -0.05) is 130 Å². The molecular formula is C47H43NOS. The molecule has 2 nitrogen and oxygen atoms in total. The molecule has 0 aliphatic carbocycles. The summed E-state index contributed by atoms with van der Waals surface area (Å²) in [5.74, 6) is 0.780. The molecule has 50 heavy (non-hydrogen) atoms. The molecule has 0 spiro atoms. The smallest absolute Gasteiger partial charge is 0.136 e. The van der Waals surface area contributed by atoms with Crippen LogP contribution in [0, 0.1) is 0 Å². The molecule has 0 fully saturated rings. The van der Waals surface area contributed by atoms with Crippen LogP contribution in [0.4, 0.5) is 0 Å². The highest BCUT2D eigenvalue weighted by Gasteiger charge is 2.21. The fourth-order valence-corrected chi connectivity index (χ4v) is 8.36. The second-order valence-corrected chi connectivity index (χ2v) is 13.8. The normalized spacial score (nSPS) is 12.9. The Hall–Kier alpha value is -5.38. The molecule has 0 unspecified atom stereocenters. The van der Waals surface area contributed by atoms with Crippen LogP contribution in [0.1, 0.15) is 54.5 Å². The number of fused-ring (bicyclic) bond motifs is 4. The number of nitrogens with zero attached hydrogens (tertiary/aromatic N) is 1. The quantitative estimate of drug-likeness (QED) is 0.125. The van der Waals surface area contributed by atoms with Crippen LogP contribution in [0.3, 0.4) is 0 Å². The Morgan fingerprint density at radius 3 is 2.38 bits per heavy atom. The molecule has 3 aromatic heterocycles. The van der Waals surface area contributed by atoms with Crippen molar-refractivity contribution >= 4 is 68.5 Å². The standard InChI is InChI=1S/C47H43NOS/c1-6-10-11-27-46-36(7-2)37(32(5)50-46)22-13-12-19-33-20-18-21-34(30-33)35-28-29-43-40(31-35)38-23-14-16-25-42(38)48(43)41(8-3)47-39-24-15-17-26-45(39)49-44(47)9-4/h8-18,20-26,28-31H,4-7,19,27H2,1-3H3/b11-10-,13-12-,37-22+,41-8+. The molecule has 0 aliphatic heterocycles. The van der Waals surface area contributed by atoms with Gasteiger partial charge in [0.05, 0.1) is 22.3 Å². The van der Waals surface area contributed by atoms with E-state index in [4.69, 9.17) is 4.42 Å². The third-order valence-electron chi connectivity index (χ3n) is 9.53. The largest absolute Gasteiger partial charge is 0.456 e. The third-order valence-corrected chi connectivity index (χ3v) is 10.7. The van der Waals surface area contributed by atoms with E-state index in [1.807, 2.05) is 29.5 Å². The minimum Gasteiger partial charge on any atom is -0.456 e. The van der Waals surface area contributed by atoms with Crippen molar-refractivity contribution in [2.45, 2.75) is 46.5 Å². The van der Waals surface area contributed by atoms with E-state index >= 15 is 0 Å². The Bertz CT molecular complexity index is 2560. The molecule has 4 aromatic carbocycles. The van der Waals surface area contributed by atoms with Crippen molar-refractivity contribution in [3.05, 3.63) is 165 Å². The van der Waals surface area contributed by atoms with Crippen LogP contribution in [0.15, 0.2) is 132 Å². The summed E-state index contributed by atoms with van der Waals surface area (Å²) in [6.07, 6.45) is 19.2. The zero-order valence-electron chi connectivity index (χ0n) is 29.2. The third kappa shape index (κ3) is 6.14. The number of thiophene rings is 1. The molecule has 0 bridgehead atoms. The van der Waals surface area contributed by atoms with E-state index < -0.39 is 0 Å². The number of benzene rings is 4. The molecular weight excluding hydrogens is 627 g/mol. The topological polar surface area (TPSA) is 18.1 Å². The summed E-state index contributed by atoms with van der Waals surface area (Å²) in [4.78, 5) is 1.44. The van der Waals surface area contributed by atoms with Crippen LogP contribution in [0.25, 0.3) is 68.3 Å². The van der Waals surface area contributed by atoms with E-state index in [9.17, 15) is 0 Å². The predicted octanol–water partition coefficient (Wildman–Crippen LogP) is 11.9. The second-order valence-electron chi connectivity index (χ2n) is 12.6. The summed E-state index contributed by atoms with van der Waals surface area (Å²) in [6, 6.07) is 32.7. The molecule has 0 atom stereocenters. The molecule has 7 aromatic rings. The van der Waals surface area contributed by atoms with Crippen molar-refractivity contribution in [1.29, 1.82) is 0 Å². The Morgan fingerprint density at radius 2 is 1.58 bits per heavy atom. The second kappa shape index (κ2) is 14.6. The van der Waals surface area contributed by atoms with Gasteiger partial charge in [0.25, 0.3) is 0 Å². The molecule has 0 N–H and O–H groups in total. The molecule has 3 heteroatoms. The van der Waals surface area contributed by atoms with Gasteiger partial charge < -0.3 is 8.98 Å². The van der Waals surface area contributed by atoms with E-state index in [-0.39, 0.29) is 0 Å². The molecule has 0 saturated heterocycles. The van der Waals surface area contributed by atoms with Gasteiger partial charge >= 0.3 is 0 Å². The van der Waals surface area contributed by atoms with Crippen molar-refractivity contribution in [1.82, 2.24) is 4.57 Å². The van der Waals surface area contributed by atoms with E-state index in [1.54, 1.807) is 0 Å². The van der Waals surface area contributed by atoms with Crippen molar-refractivity contribution < 1.29 is 4.42 Å². The number of furan rings is 1. The highest BCUT2D eigenvalue weighted by atomic mass is 32.1. The molecule has 7 rings (SSSR count). The SMILES string of the molecule is C=Cc1oc2ccccc2c1/C(=C\C)n1c2ccccc2c2cc(-c3cccc(C/C=C\C=c4\c(CC)c(C/C=C\CC)sc4=C)c3)ccc21. The molecule has 0 saturated carbocycles. The van der Waals surface area contributed by atoms with Gasteiger partial charge in [-0.2, -0.15) is 0 Å². The van der Waals surface area contributed by atoms with E-state index in [2.05, 4.69) is 154 Å². The number of para-hydroxylation sites is 2. The number of hydrogen-bond donors (Lipinski definition) is 0. The first-order valence-electron chi connectivity index (χ1n) is 17.6. The first-order chi connectivity index (χ1) is 24.6. The van der Waals surface area contributed by atoms with Crippen LogP contribution in [-0.4, -0.2) is 4.57 Å². The van der Waals surface area contributed by atoms with Gasteiger partial charge in [0.1, 0.15) is 11.3 Å². The molecule has 0 aliphatic rings. The van der Waals surface area contributed by atoms with Crippen molar-refractivity contribution in [2.24, 2.45) is 0 Å². The van der Waals surface area contributed by atoms with Gasteiger partial charge in [0.2, 0.25) is 0 Å². The first-order valence-corrected chi connectivity index (χ1v) is 18.4. The van der Waals surface area contributed by atoms with Gasteiger partial charge in [-0.15, -0.1) is 11.3 Å². The molecule has 3 heterocycles. The van der Waals surface area contributed by atoms with Gasteiger partial charge in [0, 0.05) is 32.0 Å². The lowest BCUT2D eigenvalue weighted by molar-refractivity contribution is 0.603. The van der Waals surface area contributed by atoms with Crippen molar-refractivity contribution in [2.75, 3.05) is 0 Å². The fraction of sp³-hybridized carbons (Fsp3) is 0.149. The van der Waals surface area contributed by atoms with E-state index in [1.165, 1.54) is 43.1 Å². The lowest BCUT2D eigenvalue weighted by Gasteiger charge is -2.13. The van der Waals surface area contributed by atoms with Gasteiger partial charge in [-0.25, -0.2) is 0 Å². The van der Waals surface area contributed by atoms with Gasteiger partial charge in [-0.05, 0) is 84.0 Å². The Morgan fingerprint density at radius 1 is 0.800 bits per heavy atom. The summed E-state index contributed by atoms with van der Waals surface area (Å²) in [7, 11) is 0. The van der Waals surface area contributed by atoms with Crippen LogP contribution in [0.5, 0.6) is 0 Å². The molecule has 0 amide bonds. The predicted molar refractivity (Wildman–Crippen MR) is 219 cm³/mol. The number of aromatic nitrogens is 1. The Kier molecular flexibility index (Phi) is 9.69. The van der Waals surface area contributed by atoms with Crippen LogP contribution in [-0.2, 0) is 19.3 Å². The summed E-state index contributed by atoms with van der Waals surface area (Å²) in [5, 5.41) is 4.82. The highest BCUT2D eigenvalue weighted by Crippen LogP contribution is 2.40. The molecule has 248 valence electrons. The van der Waals surface area contributed by atoms with Gasteiger partial charge in [-0.3, -0.25) is 0 Å². The Labute approximate surface area is 299 Å². The average molecular weight is 670 g/mol. The Balaban J connectivity index is 1.22. The summed E-state index contributed by atoms with van der Waals surface area (Å²) in [6.45, 7) is 15.0. The lowest BCUT2D eigenvalue weighted by atomic mass is 9.99. The number of hydrogen-bond acceptors (Lipinski definition) is 2. The minimum atomic E-state index is 0.780. The number of rotatable bonds is 11. The van der Waals surface area contributed by atoms with Crippen LogP contribution >= 0.6 is 11.3 Å². The number of allylic oxidation sites excluding steroid dienone is 5. The lowest BCUT2D eigenvalue weighted by Crippen LogP contribution is -2.19. The molecule has 0 radical (unpaired) electrons. The fourth-order valence-electron chi connectivity index (χ4n) is 7.20. The summed E-state index contributed by atoms with van der Waals surface area (Å²) < 4.78 is 9.78. The van der Waals surface area contributed by atoms with Crippen molar-refractivity contribution in [3.63, 3.8) is 0 Å². The van der Waals surface area contributed by atoms with E-state index in [0.29, 0.717) is 0 Å². The van der Waals surface area contributed by atoms with E-state index in [0.717, 1.165) is 69.2 Å². The highest BCUT2D eigenvalue weighted by molar-refractivity contribution is 7.10. The maximum Gasteiger partial charge on any atom is 0.136 e. The van der Waals surface area contributed by atoms with Gasteiger partial charge in [0.15, 0.2) is 0 Å². The monoisotopic (exact) mass is 669 g/mol. The maximum atomic E-state index is 6.25. The average Bonchev–Trinajstić information content (AvgIpc) is 3.79.